The summed E-state index contributed by atoms with van der Waals surface area (Å²) in [5.41, 5.74) is 14.0. The molecule has 0 spiro atoms. The van der Waals surface area contributed by atoms with Gasteiger partial charge in [0.15, 0.2) is 0 Å². The number of fused-ring (bicyclic) bond motifs is 1. The van der Waals surface area contributed by atoms with Gasteiger partial charge in [-0.15, -0.1) is 0 Å². The Bertz CT molecular complexity index is 1260. The number of carbonyl (C=O) groups is 1. The van der Waals surface area contributed by atoms with Gasteiger partial charge in [-0.3, -0.25) is 0 Å². The highest BCUT2D eigenvalue weighted by Gasteiger charge is 2.36. The third-order valence-electron chi connectivity index (χ3n) is 5.45. The van der Waals surface area contributed by atoms with Gasteiger partial charge in [0.25, 0.3) is 0 Å². The zero-order chi connectivity index (χ0) is 22.9. The molecular weight excluding hydrogens is 432 g/mol. The fourth-order valence-corrected chi connectivity index (χ4v) is 5.70. The molecule has 0 atom stereocenters. The molecule has 0 amide bonds. The summed E-state index contributed by atoms with van der Waals surface area (Å²) in [6.07, 6.45) is 0. The van der Waals surface area contributed by atoms with Crippen molar-refractivity contribution in [2.45, 2.75) is 18.4 Å². The summed E-state index contributed by atoms with van der Waals surface area (Å²) in [5.74, 6) is -0.695. The summed E-state index contributed by atoms with van der Waals surface area (Å²) in [4.78, 5) is 13.1. The number of aromatic nitrogens is 1. The standard InChI is InChI=1S/C22H26N4O5S/c1-2-31-22(27)20-21(32(28,29)25-9-11-30-12-10-25)16-5-3-4-6-19(16)26(20)14-15-7-8-17(23)18(24)13-15/h3-8,13H,2,9-12,14,23-24H2,1H3. The van der Waals surface area contributed by atoms with Crippen LogP contribution in [0.1, 0.15) is 23.0 Å². The van der Waals surface area contributed by atoms with Gasteiger partial charge in [0.05, 0.1) is 36.7 Å². The maximum Gasteiger partial charge on any atom is 0.356 e. The summed E-state index contributed by atoms with van der Waals surface area (Å²) in [6.45, 7) is 3.07. The first kappa shape index (κ1) is 22.1. The van der Waals surface area contributed by atoms with Gasteiger partial charge in [0, 0.05) is 25.0 Å². The molecule has 0 saturated carbocycles. The second kappa shape index (κ2) is 8.81. The second-order valence-electron chi connectivity index (χ2n) is 7.48. The number of hydrogen-bond acceptors (Lipinski definition) is 7. The van der Waals surface area contributed by atoms with Crippen LogP contribution in [0.2, 0.25) is 0 Å². The molecule has 2 heterocycles. The number of para-hydroxylation sites is 1. The third-order valence-corrected chi connectivity index (χ3v) is 7.43. The van der Waals surface area contributed by atoms with Crippen LogP contribution in [0.4, 0.5) is 11.4 Å². The Balaban J connectivity index is 1.96. The number of esters is 1. The number of nitrogens with two attached hydrogens (primary N) is 2. The van der Waals surface area contributed by atoms with Crippen LogP contribution in [-0.2, 0) is 26.0 Å². The van der Waals surface area contributed by atoms with E-state index in [2.05, 4.69) is 0 Å². The summed E-state index contributed by atoms with van der Waals surface area (Å²) < 4.78 is 41.0. The Hall–Kier alpha value is -3.08. The maximum absolute atomic E-state index is 13.7. The van der Waals surface area contributed by atoms with Crippen molar-refractivity contribution in [2.75, 3.05) is 44.4 Å². The first-order valence-electron chi connectivity index (χ1n) is 10.3. The zero-order valence-corrected chi connectivity index (χ0v) is 18.6. The lowest BCUT2D eigenvalue weighted by Crippen LogP contribution is -2.41. The normalized spacial score (nSPS) is 15.2. The van der Waals surface area contributed by atoms with E-state index in [1.54, 1.807) is 54.0 Å². The van der Waals surface area contributed by atoms with Gasteiger partial charge < -0.3 is 25.5 Å². The van der Waals surface area contributed by atoms with E-state index >= 15 is 0 Å². The van der Waals surface area contributed by atoms with Crippen LogP contribution < -0.4 is 11.5 Å². The molecule has 32 heavy (non-hydrogen) atoms. The van der Waals surface area contributed by atoms with Crippen LogP contribution in [0, 0.1) is 0 Å². The number of morpholine rings is 1. The van der Waals surface area contributed by atoms with E-state index in [1.165, 1.54) is 4.31 Å². The van der Waals surface area contributed by atoms with Gasteiger partial charge in [-0.2, -0.15) is 4.31 Å². The highest BCUT2D eigenvalue weighted by atomic mass is 32.2. The van der Waals surface area contributed by atoms with Gasteiger partial charge >= 0.3 is 5.97 Å². The lowest BCUT2D eigenvalue weighted by Gasteiger charge is -2.26. The SMILES string of the molecule is CCOC(=O)c1c(S(=O)(=O)N2CCOCC2)c2ccccc2n1Cc1ccc(N)c(N)c1. The number of anilines is 2. The highest BCUT2D eigenvalue weighted by molar-refractivity contribution is 7.89. The lowest BCUT2D eigenvalue weighted by atomic mass is 10.1. The number of benzene rings is 2. The predicted octanol–water partition coefficient (Wildman–Crippen LogP) is 2.05. The van der Waals surface area contributed by atoms with Crippen molar-refractivity contribution in [1.29, 1.82) is 0 Å². The molecule has 9 nitrogen and oxygen atoms in total. The van der Waals surface area contributed by atoms with Crippen molar-refractivity contribution in [2.24, 2.45) is 0 Å². The third kappa shape index (κ3) is 3.92. The van der Waals surface area contributed by atoms with Crippen molar-refractivity contribution in [3.63, 3.8) is 0 Å². The summed E-state index contributed by atoms with van der Waals surface area (Å²) >= 11 is 0. The number of rotatable bonds is 6. The Morgan fingerprint density at radius 2 is 1.81 bits per heavy atom. The first-order valence-corrected chi connectivity index (χ1v) is 11.8. The monoisotopic (exact) mass is 458 g/mol. The zero-order valence-electron chi connectivity index (χ0n) is 17.8. The fourth-order valence-electron chi connectivity index (χ4n) is 3.92. The van der Waals surface area contributed by atoms with Crippen molar-refractivity contribution < 1.29 is 22.7 Å². The van der Waals surface area contributed by atoms with Crippen LogP contribution in [-0.4, -0.2) is 56.2 Å². The Morgan fingerprint density at radius 1 is 1.09 bits per heavy atom. The van der Waals surface area contributed by atoms with E-state index in [0.717, 1.165) is 5.56 Å². The van der Waals surface area contributed by atoms with Gasteiger partial charge in [0.2, 0.25) is 10.0 Å². The average molecular weight is 459 g/mol. The molecule has 0 bridgehead atoms. The molecule has 0 aliphatic carbocycles. The molecule has 2 aromatic carbocycles. The number of sulfonamides is 1. The Morgan fingerprint density at radius 3 is 2.50 bits per heavy atom. The number of carbonyl (C=O) groups excluding carboxylic acids is 1. The van der Waals surface area contributed by atoms with E-state index in [-0.39, 0.29) is 36.8 Å². The number of nitrogens with zero attached hydrogens (tertiary/aromatic N) is 2. The molecule has 3 aromatic rings. The smallest absolute Gasteiger partial charge is 0.356 e. The maximum atomic E-state index is 13.7. The van der Waals surface area contributed by atoms with Crippen LogP contribution in [0.15, 0.2) is 47.4 Å². The largest absolute Gasteiger partial charge is 0.461 e. The lowest BCUT2D eigenvalue weighted by molar-refractivity contribution is 0.0509. The highest BCUT2D eigenvalue weighted by Crippen LogP contribution is 2.34. The van der Waals surface area contributed by atoms with Gasteiger partial charge in [-0.1, -0.05) is 24.3 Å². The summed E-state index contributed by atoms with van der Waals surface area (Å²) in [5, 5.41) is 0.463. The van der Waals surface area contributed by atoms with Crippen LogP contribution in [0.25, 0.3) is 10.9 Å². The van der Waals surface area contributed by atoms with Crippen LogP contribution in [0.3, 0.4) is 0 Å². The average Bonchev–Trinajstić information content (AvgIpc) is 3.12. The minimum absolute atomic E-state index is 0.00469. The predicted molar refractivity (Wildman–Crippen MR) is 122 cm³/mol. The number of hydrogen-bond donors (Lipinski definition) is 2. The van der Waals surface area contributed by atoms with Crippen molar-refractivity contribution in [1.82, 2.24) is 8.87 Å². The summed E-state index contributed by atoms with van der Waals surface area (Å²) in [6, 6.07) is 12.3. The van der Waals surface area contributed by atoms with E-state index in [1.807, 2.05) is 0 Å². The van der Waals surface area contributed by atoms with Gasteiger partial charge in [-0.25, -0.2) is 13.2 Å². The van der Waals surface area contributed by atoms with Crippen LogP contribution >= 0.6 is 0 Å². The minimum Gasteiger partial charge on any atom is -0.461 e. The topological polar surface area (TPSA) is 130 Å². The van der Waals surface area contributed by atoms with Crippen molar-refractivity contribution in [3.8, 4) is 0 Å². The molecule has 0 radical (unpaired) electrons. The van der Waals surface area contributed by atoms with Crippen molar-refractivity contribution in [3.05, 3.63) is 53.7 Å². The second-order valence-corrected chi connectivity index (χ2v) is 9.36. The molecule has 1 aliphatic heterocycles. The van der Waals surface area contributed by atoms with Gasteiger partial charge in [0.1, 0.15) is 10.6 Å². The first-order chi connectivity index (χ1) is 15.3. The minimum atomic E-state index is -3.98. The van der Waals surface area contributed by atoms with E-state index in [9.17, 15) is 13.2 Å². The van der Waals surface area contributed by atoms with Crippen LogP contribution in [0.5, 0.6) is 0 Å². The molecule has 0 unspecified atom stereocenters. The van der Waals surface area contributed by atoms with E-state index < -0.39 is 16.0 Å². The molecule has 1 fully saturated rings. The molecule has 4 N–H and O–H groups in total. The summed E-state index contributed by atoms with van der Waals surface area (Å²) in [7, 11) is -3.98. The molecule has 170 valence electrons. The molecule has 1 aromatic heterocycles. The van der Waals surface area contributed by atoms with E-state index in [4.69, 9.17) is 20.9 Å². The number of nitrogen functional groups attached to an aromatic ring is 2. The molecule has 4 rings (SSSR count). The number of ether oxygens (including phenoxy) is 2. The quantitative estimate of drug-likeness (QED) is 0.427. The molecular formula is C22H26N4O5S. The Labute approximate surface area is 186 Å². The molecule has 10 heteroatoms. The van der Waals surface area contributed by atoms with E-state index in [0.29, 0.717) is 35.5 Å². The van der Waals surface area contributed by atoms with Crippen molar-refractivity contribution >= 4 is 38.3 Å². The van der Waals surface area contributed by atoms with Gasteiger partial charge in [-0.05, 0) is 30.7 Å². The molecule has 1 saturated heterocycles. The fraction of sp³-hybridized carbons (Fsp3) is 0.318. The molecule has 1 aliphatic rings. The Kier molecular flexibility index (Phi) is 6.09.